The summed E-state index contributed by atoms with van der Waals surface area (Å²) < 4.78 is 26.9. The molecule has 21 heavy (non-hydrogen) atoms. The van der Waals surface area contributed by atoms with E-state index in [4.69, 9.17) is 34.8 Å². The minimum atomic E-state index is -3.76. The van der Waals surface area contributed by atoms with Gasteiger partial charge in [0.1, 0.15) is 4.90 Å². The van der Waals surface area contributed by atoms with E-state index in [0.717, 1.165) is 12.4 Å². The topological polar surface area (TPSA) is 72.0 Å². The molecule has 1 aromatic carbocycles. The van der Waals surface area contributed by atoms with Crippen LogP contribution in [0.4, 0.5) is 0 Å². The SMILES string of the molecule is CC(NS(=O)(=O)c1cnc(Cl)nc1)c1ccc(Cl)c(Cl)c1. The lowest BCUT2D eigenvalue weighted by Crippen LogP contribution is -2.27. The molecule has 112 valence electrons. The van der Waals surface area contributed by atoms with Crippen molar-refractivity contribution in [3.05, 3.63) is 51.5 Å². The molecular formula is C12H10Cl3N3O2S. The molecule has 2 aromatic rings. The van der Waals surface area contributed by atoms with Crippen molar-refractivity contribution in [3.8, 4) is 0 Å². The van der Waals surface area contributed by atoms with Gasteiger partial charge in [0.15, 0.2) is 0 Å². The van der Waals surface area contributed by atoms with Crippen LogP contribution in [0.5, 0.6) is 0 Å². The maximum Gasteiger partial charge on any atom is 0.244 e. The van der Waals surface area contributed by atoms with E-state index < -0.39 is 16.1 Å². The molecule has 1 atom stereocenters. The Morgan fingerprint density at radius 2 is 1.71 bits per heavy atom. The first-order valence-corrected chi connectivity index (χ1v) is 8.36. The zero-order valence-electron chi connectivity index (χ0n) is 10.7. The zero-order valence-corrected chi connectivity index (χ0v) is 13.8. The molecule has 5 nitrogen and oxygen atoms in total. The second kappa shape index (κ2) is 6.46. The van der Waals surface area contributed by atoms with Gasteiger partial charge in [-0.05, 0) is 36.2 Å². The van der Waals surface area contributed by atoms with Crippen molar-refractivity contribution < 1.29 is 8.42 Å². The Hall–Kier alpha value is -0.920. The molecule has 0 saturated carbocycles. The van der Waals surface area contributed by atoms with Crippen molar-refractivity contribution in [3.63, 3.8) is 0 Å². The van der Waals surface area contributed by atoms with E-state index in [0.29, 0.717) is 15.6 Å². The van der Waals surface area contributed by atoms with Crippen LogP contribution in [0.3, 0.4) is 0 Å². The smallest absolute Gasteiger partial charge is 0.225 e. The Morgan fingerprint density at radius 3 is 2.29 bits per heavy atom. The van der Waals surface area contributed by atoms with E-state index >= 15 is 0 Å². The molecule has 0 fully saturated rings. The van der Waals surface area contributed by atoms with Crippen molar-refractivity contribution in [2.24, 2.45) is 0 Å². The number of hydrogen-bond donors (Lipinski definition) is 1. The average Bonchev–Trinajstić information content (AvgIpc) is 2.41. The first-order valence-electron chi connectivity index (χ1n) is 5.74. The molecule has 0 aliphatic carbocycles. The minimum Gasteiger partial charge on any atom is -0.225 e. The van der Waals surface area contributed by atoms with Crippen LogP contribution >= 0.6 is 34.8 Å². The maximum atomic E-state index is 12.2. The predicted molar refractivity (Wildman–Crippen MR) is 82.2 cm³/mol. The van der Waals surface area contributed by atoms with Gasteiger partial charge in [-0.15, -0.1) is 0 Å². The molecule has 1 aromatic heterocycles. The van der Waals surface area contributed by atoms with Gasteiger partial charge in [0.25, 0.3) is 0 Å². The van der Waals surface area contributed by atoms with E-state index in [1.165, 1.54) is 0 Å². The fraction of sp³-hybridized carbons (Fsp3) is 0.167. The highest BCUT2D eigenvalue weighted by atomic mass is 35.5. The summed E-state index contributed by atoms with van der Waals surface area (Å²) in [6, 6.07) is 4.41. The number of halogens is 3. The molecular weight excluding hydrogens is 357 g/mol. The summed E-state index contributed by atoms with van der Waals surface area (Å²) in [4.78, 5) is 7.22. The Kier molecular flexibility index (Phi) is 5.06. The maximum absolute atomic E-state index is 12.2. The number of sulfonamides is 1. The van der Waals surface area contributed by atoms with Crippen LogP contribution in [-0.2, 0) is 10.0 Å². The Bertz CT molecular complexity index is 751. The second-order valence-electron chi connectivity index (χ2n) is 4.20. The van der Waals surface area contributed by atoms with Gasteiger partial charge in [-0.2, -0.15) is 0 Å². The fourth-order valence-electron chi connectivity index (χ4n) is 1.59. The van der Waals surface area contributed by atoms with Gasteiger partial charge in [-0.3, -0.25) is 0 Å². The van der Waals surface area contributed by atoms with Crippen LogP contribution in [0, 0.1) is 0 Å². The van der Waals surface area contributed by atoms with Crippen LogP contribution in [-0.4, -0.2) is 18.4 Å². The monoisotopic (exact) mass is 365 g/mol. The number of nitrogens with zero attached hydrogens (tertiary/aromatic N) is 2. The highest BCUT2D eigenvalue weighted by Crippen LogP contribution is 2.26. The predicted octanol–water partition coefficient (Wildman–Crippen LogP) is 3.48. The summed E-state index contributed by atoms with van der Waals surface area (Å²) in [6.45, 7) is 1.69. The second-order valence-corrected chi connectivity index (χ2v) is 7.07. The number of hydrogen-bond acceptors (Lipinski definition) is 4. The average molecular weight is 367 g/mol. The van der Waals surface area contributed by atoms with Gasteiger partial charge in [-0.1, -0.05) is 29.3 Å². The van der Waals surface area contributed by atoms with Gasteiger partial charge in [0.05, 0.1) is 22.4 Å². The lowest BCUT2D eigenvalue weighted by Gasteiger charge is -2.15. The summed E-state index contributed by atoms with van der Waals surface area (Å²) in [5.41, 5.74) is 0.683. The quantitative estimate of drug-likeness (QED) is 0.841. The summed E-state index contributed by atoms with van der Waals surface area (Å²) in [5, 5.41) is 0.739. The highest BCUT2D eigenvalue weighted by Gasteiger charge is 2.19. The van der Waals surface area contributed by atoms with Crippen LogP contribution in [0.25, 0.3) is 0 Å². The molecule has 2 rings (SSSR count). The number of rotatable bonds is 4. The van der Waals surface area contributed by atoms with Gasteiger partial charge >= 0.3 is 0 Å². The van der Waals surface area contributed by atoms with E-state index in [1.807, 2.05) is 0 Å². The molecule has 1 heterocycles. The summed E-state index contributed by atoms with van der Waals surface area (Å²) in [6.07, 6.45) is 2.28. The summed E-state index contributed by atoms with van der Waals surface area (Å²) >= 11 is 17.3. The summed E-state index contributed by atoms with van der Waals surface area (Å²) in [7, 11) is -3.76. The number of benzene rings is 1. The van der Waals surface area contributed by atoms with E-state index in [2.05, 4.69) is 14.7 Å². The van der Waals surface area contributed by atoms with Crippen molar-refractivity contribution in [2.75, 3.05) is 0 Å². The van der Waals surface area contributed by atoms with E-state index in [1.54, 1.807) is 25.1 Å². The molecule has 1 unspecified atom stereocenters. The van der Waals surface area contributed by atoms with Gasteiger partial charge < -0.3 is 0 Å². The molecule has 0 aliphatic rings. The molecule has 0 amide bonds. The third kappa shape index (κ3) is 4.05. The lowest BCUT2D eigenvalue weighted by molar-refractivity contribution is 0.566. The molecule has 0 spiro atoms. The third-order valence-corrected chi connectivity index (χ3v) is 5.11. The first kappa shape index (κ1) is 16.5. The summed E-state index contributed by atoms with van der Waals surface area (Å²) in [5.74, 6) is 0. The van der Waals surface area contributed by atoms with Crippen molar-refractivity contribution in [1.29, 1.82) is 0 Å². The Balaban J connectivity index is 2.23. The highest BCUT2D eigenvalue weighted by molar-refractivity contribution is 7.89. The molecule has 1 N–H and O–H groups in total. The third-order valence-electron chi connectivity index (χ3n) is 2.68. The fourth-order valence-corrected chi connectivity index (χ4v) is 3.11. The van der Waals surface area contributed by atoms with Crippen molar-refractivity contribution in [1.82, 2.24) is 14.7 Å². The van der Waals surface area contributed by atoms with Gasteiger partial charge in [-0.25, -0.2) is 23.1 Å². The van der Waals surface area contributed by atoms with Gasteiger partial charge in [0, 0.05) is 6.04 Å². The largest absolute Gasteiger partial charge is 0.244 e. The molecule has 0 saturated heterocycles. The molecule has 9 heteroatoms. The van der Waals surface area contributed by atoms with Crippen molar-refractivity contribution in [2.45, 2.75) is 17.9 Å². The van der Waals surface area contributed by atoms with E-state index in [9.17, 15) is 8.42 Å². The van der Waals surface area contributed by atoms with E-state index in [-0.39, 0.29) is 10.2 Å². The number of aromatic nitrogens is 2. The van der Waals surface area contributed by atoms with Gasteiger partial charge in [0.2, 0.25) is 15.3 Å². The minimum absolute atomic E-state index is 0.0218. The molecule has 0 bridgehead atoms. The Morgan fingerprint density at radius 1 is 1.10 bits per heavy atom. The number of nitrogens with one attached hydrogen (secondary N) is 1. The molecule has 0 aliphatic heterocycles. The van der Waals surface area contributed by atoms with Crippen molar-refractivity contribution >= 4 is 44.8 Å². The standard InChI is InChI=1S/C12H10Cl3N3O2S/c1-7(8-2-3-10(13)11(14)4-8)18-21(19,20)9-5-16-12(15)17-6-9/h2-7,18H,1H3. The van der Waals surface area contributed by atoms with Crippen LogP contribution < -0.4 is 4.72 Å². The Labute approximate surface area is 137 Å². The normalized spacial score (nSPS) is 13.1. The zero-order chi connectivity index (χ0) is 15.6. The van der Waals surface area contributed by atoms with Crippen LogP contribution in [0.2, 0.25) is 15.3 Å². The lowest BCUT2D eigenvalue weighted by atomic mass is 10.1. The van der Waals surface area contributed by atoms with Crippen LogP contribution in [0.15, 0.2) is 35.5 Å². The first-order chi connectivity index (χ1) is 9.79. The molecule has 0 radical (unpaired) electrons. The van der Waals surface area contributed by atoms with Crippen LogP contribution in [0.1, 0.15) is 18.5 Å².